The second kappa shape index (κ2) is 5.04. The average Bonchev–Trinajstić information content (AvgIpc) is 2.35. The normalized spacial score (nSPS) is 12.2. The Kier molecular flexibility index (Phi) is 3.46. The lowest BCUT2D eigenvalue weighted by Crippen LogP contribution is -2.08. The van der Waals surface area contributed by atoms with E-state index in [0.717, 1.165) is 6.07 Å². The molecule has 2 aromatic rings. The van der Waals surface area contributed by atoms with Crippen molar-refractivity contribution in [2.75, 3.05) is 5.32 Å². The van der Waals surface area contributed by atoms with E-state index < -0.39 is 11.6 Å². The van der Waals surface area contributed by atoms with E-state index in [2.05, 4.69) is 5.32 Å². The van der Waals surface area contributed by atoms with Gasteiger partial charge in [-0.25, -0.2) is 8.78 Å². The molecule has 0 aliphatic rings. The lowest BCUT2D eigenvalue weighted by molar-refractivity contribution is 0.465. The fourth-order valence-electron chi connectivity index (χ4n) is 1.78. The first kappa shape index (κ1) is 12.4. The molecule has 2 N–H and O–H groups in total. The van der Waals surface area contributed by atoms with Crippen LogP contribution in [0.4, 0.5) is 14.5 Å². The minimum absolute atomic E-state index is 0.0748. The minimum Gasteiger partial charge on any atom is -0.508 e. The summed E-state index contributed by atoms with van der Waals surface area (Å²) in [6, 6.07) is 10.4. The number of nitrogens with one attached hydrogen (secondary N) is 1. The summed E-state index contributed by atoms with van der Waals surface area (Å²) < 4.78 is 26.5. The Balaban J connectivity index is 2.24. The number of rotatable bonds is 3. The highest BCUT2D eigenvalue weighted by Crippen LogP contribution is 2.27. The van der Waals surface area contributed by atoms with E-state index in [9.17, 15) is 13.9 Å². The van der Waals surface area contributed by atoms with Crippen LogP contribution in [0.2, 0.25) is 0 Å². The maximum Gasteiger partial charge on any atom is 0.181 e. The highest BCUT2D eigenvalue weighted by molar-refractivity contribution is 5.48. The van der Waals surface area contributed by atoms with Gasteiger partial charge in [0.1, 0.15) is 5.75 Å². The van der Waals surface area contributed by atoms with E-state index in [1.54, 1.807) is 31.2 Å². The Bertz CT molecular complexity index is 557. The molecule has 0 radical (unpaired) electrons. The maximum absolute atomic E-state index is 13.5. The summed E-state index contributed by atoms with van der Waals surface area (Å²) in [5.74, 6) is -1.70. The molecule has 4 heteroatoms. The number of benzene rings is 2. The van der Waals surface area contributed by atoms with Crippen LogP contribution in [-0.4, -0.2) is 5.11 Å². The SMILES string of the molecule is CC(Nc1cccc(F)c1F)c1ccccc1O. The lowest BCUT2D eigenvalue weighted by Gasteiger charge is -2.17. The van der Waals surface area contributed by atoms with Gasteiger partial charge in [0.25, 0.3) is 0 Å². The number of hydrogen-bond donors (Lipinski definition) is 2. The topological polar surface area (TPSA) is 32.3 Å². The van der Waals surface area contributed by atoms with Crippen molar-refractivity contribution in [1.29, 1.82) is 0 Å². The van der Waals surface area contributed by atoms with E-state index in [0.29, 0.717) is 5.56 Å². The van der Waals surface area contributed by atoms with E-state index in [1.807, 2.05) is 0 Å². The van der Waals surface area contributed by atoms with E-state index in [4.69, 9.17) is 0 Å². The van der Waals surface area contributed by atoms with Crippen molar-refractivity contribution in [3.63, 3.8) is 0 Å². The quantitative estimate of drug-likeness (QED) is 0.866. The molecule has 0 aliphatic heterocycles. The Morgan fingerprint density at radius 2 is 1.78 bits per heavy atom. The van der Waals surface area contributed by atoms with Gasteiger partial charge < -0.3 is 10.4 Å². The highest BCUT2D eigenvalue weighted by atomic mass is 19.2. The van der Waals surface area contributed by atoms with Crippen molar-refractivity contribution < 1.29 is 13.9 Å². The molecule has 0 spiro atoms. The molecule has 2 aromatic carbocycles. The largest absolute Gasteiger partial charge is 0.508 e. The van der Waals surface area contributed by atoms with Gasteiger partial charge in [0.2, 0.25) is 0 Å². The van der Waals surface area contributed by atoms with Gasteiger partial charge in [-0.3, -0.25) is 0 Å². The fraction of sp³-hybridized carbons (Fsp3) is 0.143. The molecule has 0 bridgehead atoms. The van der Waals surface area contributed by atoms with Crippen LogP contribution in [0.1, 0.15) is 18.5 Å². The molecule has 2 nitrogen and oxygen atoms in total. The van der Waals surface area contributed by atoms with Crippen LogP contribution in [0.25, 0.3) is 0 Å². The number of aromatic hydroxyl groups is 1. The standard InChI is InChI=1S/C14H13F2NO/c1-9(10-5-2-3-8-13(10)18)17-12-7-4-6-11(15)14(12)16/h2-9,17-18H,1H3. The van der Waals surface area contributed by atoms with Gasteiger partial charge >= 0.3 is 0 Å². The van der Waals surface area contributed by atoms with Crippen LogP contribution in [0, 0.1) is 11.6 Å². The van der Waals surface area contributed by atoms with Crippen molar-refractivity contribution in [2.24, 2.45) is 0 Å². The Hall–Kier alpha value is -2.10. The third-order valence-corrected chi connectivity index (χ3v) is 2.73. The van der Waals surface area contributed by atoms with Crippen LogP contribution in [0.3, 0.4) is 0 Å². The van der Waals surface area contributed by atoms with Gasteiger partial charge in [-0.05, 0) is 25.1 Å². The molecule has 1 unspecified atom stereocenters. The Labute approximate surface area is 104 Å². The molecule has 0 amide bonds. The Morgan fingerprint density at radius 1 is 1.06 bits per heavy atom. The summed E-state index contributed by atoms with van der Waals surface area (Å²) in [4.78, 5) is 0. The van der Waals surface area contributed by atoms with Crippen molar-refractivity contribution in [3.8, 4) is 5.75 Å². The molecule has 0 saturated heterocycles. The van der Waals surface area contributed by atoms with Gasteiger partial charge in [0, 0.05) is 5.56 Å². The maximum atomic E-state index is 13.5. The summed E-state index contributed by atoms with van der Waals surface area (Å²) in [6.45, 7) is 1.76. The fourth-order valence-corrected chi connectivity index (χ4v) is 1.78. The molecule has 2 rings (SSSR count). The van der Waals surface area contributed by atoms with Crippen molar-refractivity contribution in [1.82, 2.24) is 0 Å². The van der Waals surface area contributed by atoms with Gasteiger partial charge in [-0.2, -0.15) is 0 Å². The zero-order chi connectivity index (χ0) is 13.1. The first-order chi connectivity index (χ1) is 8.59. The second-order valence-corrected chi connectivity index (χ2v) is 4.03. The molecule has 0 saturated carbocycles. The average molecular weight is 249 g/mol. The van der Waals surface area contributed by atoms with Crippen LogP contribution in [0.15, 0.2) is 42.5 Å². The minimum atomic E-state index is -0.917. The molecule has 0 heterocycles. The van der Waals surface area contributed by atoms with Crippen LogP contribution in [0.5, 0.6) is 5.75 Å². The predicted molar refractivity (Wildman–Crippen MR) is 66.5 cm³/mol. The first-order valence-electron chi connectivity index (χ1n) is 5.58. The lowest BCUT2D eigenvalue weighted by atomic mass is 10.1. The zero-order valence-electron chi connectivity index (χ0n) is 9.82. The monoisotopic (exact) mass is 249 g/mol. The van der Waals surface area contributed by atoms with Crippen molar-refractivity contribution in [3.05, 3.63) is 59.7 Å². The molecule has 0 aliphatic carbocycles. The van der Waals surface area contributed by atoms with Gasteiger partial charge in [-0.1, -0.05) is 24.3 Å². The van der Waals surface area contributed by atoms with E-state index in [-0.39, 0.29) is 17.5 Å². The number of phenols is 1. The second-order valence-electron chi connectivity index (χ2n) is 4.03. The number of phenolic OH excluding ortho intramolecular Hbond substituents is 1. The van der Waals surface area contributed by atoms with Crippen molar-refractivity contribution in [2.45, 2.75) is 13.0 Å². The predicted octanol–water partition coefficient (Wildman–Crippen LogP) is 3.84. The summed E-state index contributed by atoms with van der Waals surface area (Å²) in [5, 5.41) is 12.5. The molecule has 0 fully saturated rings. The smallest absolute Gasteiger partial charge is 0.181 e. The van der Waals surface area contributed by atoms with Gasteiger partial charge in [0.05, 0.1) is 11.7 Å². The number of hydrogen-bond acceptors (Lipinski definition) is 2. The molecular formula is C14H13F2NO. The van der Waals surface area contributed by atoms with Crippen LogP contribution < -0.4 is 5.32 Å². The molecule has 94 valence electrons. The first-order valence-corrected chi connectivity index (χ1v) is 5.58. The third-order valence-electron chi connectivity index (χ3n) is 2.73. The number of halogens is 2. The Morgan fingerprint density at radius 3 is 2.50 bits per heavy atom. The van der Waals surface area contributed by atoms with E-state index in [1.165, 1.54) is 12.1 Å². The van der Waals surface area contributed by atoms with Gasteiger partial charge in [0.15, 0.2) is 11.6 Å². The van der Waals surface area contributed by atoms with Crippen LogP contribution >= 0.6 is 0 Å². The number of para-hydroxylation sites is 1. The summed E-state index contributed by atoms with van der Waals surface area (Å²) in [7, 11) is 0. The molecule has 0 aromatic heterocycles. The van der Waals surface area contributed by atoms with Crippen molar-refractivity contribution >= 4 is 5.69 Å². The third kappa shape index (κ3) is 2.42. The van der Waals surface area contributed by atoms with E-state index >= 15 is 0 Å². The summed E-state index contributed by atoms with van der Waals surface area (Å²) in [6.07, 6.45) is 0. The highest BCUT2D eigenvalue weighted by Gasteiger charge is 2.13. The summed E-state index contributed by atoms with van der Waals surface area (Å²) in [5.41, 5.74) is 0.701. The summed E-state index contributed by atoms with van der Waals surface area (Å²) >= 11 is 0. The molecule has 1 atom stereocenters. The molecule has 18 heavy (non-hydrogen) atoms. The number of anilines is 1. The zero-order valence-corrected chi connectivity index (χ0v) is 9.82. The van der Waals surface area contributed by atoms with Gasteiger partial charge in [-0.15, -0.1) is 0 Å². The van der Waals surface area contributed by atoms with Crippen LogP contribution in [-0.2, 0) is 0 Å². The molecular weight excluding hydrogens is 236 g/mol.